The molecule has 0 aliphatic rings. The third-order valence-corrected chi connectivity index (χ3v) is 8.86. The number of nitrogens with one attached hydrogen (secondary N) is 1. The molecule has 1 atom stereocenters. The van der Waals surface area contributed by atoms with Gasteiger partial charge in [-0.15, -0.1) is 0 Å². The van der Waals surface area contributed by atoms with Crippen molar-refractivity contribution in [3.05, 3.63) is 94.5 Å². The molecule has 214 valence electrons. The lowest BCUT2D eigenvalue weighted by molar-refractivity contribution is -0.140. The number of halogens is 1. The third-order valence-electron chi connectivity index (χ3n) is 6.82. The number of nitrogens with zero attached hydrogens (tertiary/aromatic N) is 2. The summed E-state index contributed by atoms with van der Waals surface area (Å²) in [6, 6.07) is 19.7. The molecule has 0 unspecified atom stereocenters. The largest absolute Gasteiger partial charge is 0.354 e. The molecule has 0 spiro atoms. The Bertz CT molecular complexity index is 1390. The Morgan fingerprint density at radius 2 is 1.57 bits per heavy atom. The van der Waals surface area contributed by atoms with Gasteiger partial charge in [-0.3, -0.25) is 13.9 Å². The molecule has 1 N–H and O–H groups in total. The molecule has 0 aliphatic carbocycles. The quantitative estimate of drug-likeness (QED) is 0.255. The summed E-state index contributed by atoms with van der Waals surface area (Å²) in [5.41, 5.74) is 3.17. The fraction of sp³-hybridized carbons (Fsp3) is 0.355. The third kappa shape index (κ3) is 7.86. The maximum atomic E-state index is 14.1. The highest BCUT2D eigenvalue weighted by Gasteiger charge is 2.33. The molecule has 7 nitrogen and oxygen atoms in total. The predicted molar refractivity (Wildman–Crippen MR) is 161 cm³/mol. The predicted octanol–water partition coefficient (Wildman–Crippen LogP) is 5.88. The smallest absolute Gasteiger partial charge is 0.264 e. The molecular formula is C31H38ClN3O4S. The van der Waals surface area contributed by atoms with Gasteiger partial charge in [0.25, 0.3) is 10.0 Å². The van der Waals surface area contributed by atoms with E-state index in [-0.39, 0.29) is 17.3 Å². The van der Waals surface area contributed by atoms with Crippen molar-refractivity contribution in [1.29, 1.82) is 0 Å². The lowest BCUT2D eigenvalue weighted by atomic mass is 10.1. The van der Waals surface area contributed by atoms with Crippen LogP contribution in [0.1, 0.15) is 49.8 Å². The summed E-state index contributed by atoms with van der Waals surface area (Å²) in [6.45, 7) is 7.96. The summed E-state index contributed by atoms with van der Waals surface area (Å²) in [5, 5.41) is 3.35. The van der Waals surface area contributed by atoms with Gasteiger partial charge in [0.1, 0.15) is 12.6 Å². The lowest BCUT2D eigenvalue weighted by Crippen LogP contribution is -2.52. The number of benzene rings is 3. The van der Waals surface area contributed by atoms with E-state index in [0.29, 0.717) is 23.7 Å². The van der Waals surface area contributed by atoms with Crippen molar-refractivity contribution in [3.8, 4) is 0 Å². The summed E-state index contributed by atoms with van der Waals surface area (Å²) in [7, 11) is -4.14. The molecule has 2 amide bonds. The highest BCUT2D eigenvalue weighted by atomic mass is 35.5. The number of hydrogen-bond acceptors (Lipinski definition) is 4. The Balaban J connectivity index is 2.04. The molecule has 0 aromatic heterocycles. The van der Waals surface area contributed by atoms with Crippen LogP contribution < -0.4 is 9.62 Å². The number of anilines is 1. The van der Waals surface area contributed by atoms with Crippen LogP contribution in [0.4, 0.5) is 5.69 Å². The average molecular weight is 584 g/mol. The topological polar surface area (TPSA) is 86.8 Å². The van der Waals surface area contributed by atoms with Crippen LogP contribution in [0.3, 0.4) is 0 Å². The number of sulfonamides is 1. The van der Waals surface area contributed by atoms with Crippen LogP contribution in [-0.2, 0) is 26.2 Å². The van der Waals surface area contributed by atoms with E-state index in [1.807, 2.05) is 52.0 Å². The van der Waals surface area contributed by atoms with Gasteiger partial charge in [-0.1, -0.05) is 73.8 Å². The molecule has 0 radical (unpaired) electrons. The first-order valence-electron chi connectivity index (χ1n) is 13.5. The van der Waals surface area contributed by atoms with Gasteiger partial charge in [-0.05, 0) is 74.2 Å². The molecule has 40 heavy (non-hydrogen) atoms. The Hall–Kier alpha value is -3.36. The molecule has 3 rings (SSSR count). The van der Waals surface area contributed by atoms with Crippen molar-refractivity contribution in [2.24, 2.45) is 0 Å². The normalized spacial score (nSPS) is 12.0. The second kappa shape index (κ2) is 14.3. The van der Waals surface area contributed by atoms with E-state index >= 15 is 0 Å². The van der Waals surface area contributed by atoms with Crippen molar-refractivity contribution in [2.75, 3.05) is 17.4 Å². The molecule has 0 bridgehead atoms. The molecule has 0 heterocycles. The summed E-state index contributed by atoms with van der Waals surface area (Å²) >= 11 is 6.01. The first-order chi connectivity index (χ1) is 19.1. The van der Waals surface area contributed by atoms with Crippen molar-refractivity contribution in [3.63, 3.8) is 0 Å². The number of carbonyl (C=O) groups excluding carboxylic acids is 2. The van der Waals surface area contributed by atoms with E-state index in [2.05, 4.69) is 5.32 Å². The van der Waals surface area contributed by atoms with Gasteiger partial charge in [-0.2, -0.15) is 0 Å². The zero-order valence-electron chi connectivity index (χ0n) is 23.6. The monoisotopic (exact) mass is 583 g/mol. The highest BCUT2D eigenvalue weighted by Crippen LogP contribution is 2.26. The van der Waals surface area contributed by atoms with Crippen LogP contribution >= 0.6 is 11.6 Å². The van der Waals surface area contributed by atoms with E-state index in [1.54, 1.807) is 24.3 Å². The molecule has 0 aliphatic heterocycles. The molecule has 9 heteroatoms. The lowest BCUT2D eigenvalue weighted by Gasteiger charge is -2.33. The fourth-order valence-electron chi connectivity index (χ4n) is 4.37. The van der Waals surface area contributed by atoms with Crippen LogP contribution in [0, 0.1) is 13.8 Å². The minimum Gasteiger partial charge on any atom is -0.354 e. The minimum atomic E-state index is -4.14. The first kappa shape index (κ1) is 31.2. The van der Waals surface area contributed by atoms with Crippen molar-refractivity contribution >= 4 is 39.1 Å². The van der Waals surface area contributed by atoms with E-state index < -0.39 is 28.5 Å². The second-order valence-electron chi connectivity index (χ2n) is 9.82. The summed E-state index contributed by atoms with van der Waals surface area (Å²) < 4.78 is 28.9. The summed E-state index contributed by atoms with van der Waals surface area (Å²) in [6.07, 6.45) is 2.13. The molecular weight excluding hydrogens is 546 g/mol. The Kier molecular flexibility index (Phi) is 11.2. The van der Waals surface area contributed by atoms with Gasteiger partial charge >= 0.3 is 0 Å². The van der Waals surface area contributed by atoms with E-state index in [1.165, 1.54) is 29.2 Å². The van der Waals surface area contributed by atoms with Gasteiger partial charge < -0.3 is 10.2 Å². The Morgan fingerprint density at radius 1 is 0.925 bits per heavy atom. The van der Waals surface area contributed by atoms with E-state index in [4.69, 9.17) is 11.6 Å². The summed E-state index contributed by atoms with van der Waals surface area (Å²) in [5.74, 6) is -0.723. The van der Waals surface area contributed by atoms with Gasteiger partial charge in [0.15, 0.2) is 0 Å². The molecule has 0 fully saturated rings. The maximum absolute atomic E-state index is 14.1. The van der Waals surface area contributed by atoms with Crippen LogP contribution in [0.25, 0.3) is 0 Å². The average Bonchev–Trinajstić information content (AvgIpc) is 2.93. The number of unbranched alkanes of at least 4 members (excludes halogenated alkanes) is 1. The zero-order chi connectivity index (χ0) is 29.3. The van der Waals surface area contributed by atoms with E-state index in [0.717, 1.165) is 33.8 Å². The number of amides is 2. The maximum Gasteiger partial charge on any atom is 0.264 e. The number of hydrogen-bond donors (Lipinski definition) is 1. The first-order valence-corrected chi connectivity index (χ1v) is 15.4. The van der Waals surface area contributed by atoms with Crippen LogP contribution in [-0.4, -0.2) is 44.3 Å². The Morgan fingerprint density at radius 3 is 2.17 bits per heavy atom. The van der Waals surface area contributed by atoms with Gasteiger partial charge in [0.05, 0.1) is 10.6 Å². The van der Waals surface area contributed by atoms with Crippen molar-refractivity contribution < 1.29 is 18.0 Å². The number of aryl methyl sites for hydroxylation is 2. The van der Waals surface area contributed by atoms with E-state index in [9.17, 15) is 18.0 Å². The van der Waals surface area contributed by atoms with Gasteiger partial charge in [0, 0.05) is 18.1 Å². The standard InChI is InChI=1S/C31H38ClN3O4S/c1-5-7-20-33-31(37)29(6-2)34(21-25-11-9-8-10-24(25)4)30(36)22-35(27-16-12-23(3)13-17-27)40(38,39)28-18-14-26(32)15-19-28/h8-19,29H,5-7,20-22H2,1-4H3,(H,33,37)/t29-/m1/s1. The van der Waals surface area contributed by atoms with Crippen molar-refractivity contribution in [2.45, 2.75) is 64.4 Å². The fourth-order valence-corrected chi connectivity index (χ4v) is 5.91. The zero-order valence-corrected chi connectivity index (χ0v) is 25.1. The minimum absolute atomic E-state index is 0.0140. The number of rotatable bonds is 13. The SMILES string of the molecule is CCCCNC(=O)[C@@H](CC)N(Cc1ccccc1C)C(=O)CN(c1ccc(C)cc1)S(=O)(=O)c1ccc(Cl)cc1. The van der Waals surface area contributed by atoms with Crippen molar-refractivity contribution in [1.82, 2.24) is 10.2 Å². The molecule has 3 aromatic rings. The van der Waals surface area contributed by atoms with Crippen LogP contribution in [0.5, 0.6) is 0 Å². The van der Waals surface area contributed by atoms with Crippen LogP contribution in [0.15, 0.2) is 77.7 Å². The second-order valence-corrected chi connectivity index (χ2v) is 12.1. The Labute approximate surface area is 243 Å². The van der Waals surface area contributed by atoms with Gasteiger partial charge in [-0.25, -0.2) is 8.42 Å². The molecule has 3 aromatic carbocycles. The highest BCUT2D eigenvalue weighted by molar-refractivity contribution is 7.92. The summed E-state index contributed by atoms with van der Waals surface area (Å²) in [4.78, 5) is 28.9. The van der Waals surface area contributed by atoms with Gasteiger partial charge in [0.2, 0.25) is 11.8 Å². The molecule has 0 saturated heterocycles. The number of carbonyl (C=O) groups is 2. The molecule has 0 saturated carbocycles. The van der Waals surface area contributed by atoms with Crippen LogP contribution in [0.2, 0.25) is 5.02 Å².